The molecular formula is C15H12ClF2N3O. The summed E-state index contributed by atoms with van der Waals surface area (Å²) in [4.78, 5) is 3.73. The number of rotatable bonds is 3. The fourth-order valence-electron chi connectivity index (χ4n) is 2.18. The Bertz CT molecular complexity index is 814. The highest BCUT2D eigenvalue weighted by atomic mass is 35.5. The number of nitrogens with one attached hydrogen (secondary N) is 1. The Morgan fingerprint density at radius 2 is 2.00 bits per heavy atom. The van der Waals surface area contributed by atoms with E-state index in [2.05, 4.69) is 10.3 Å². The summed E-state index contributed by atoms with van der Waals surface area (Å²) in [6.07, 6.45) is -1.98. The van der Waals surface area contributed by atoms with Crippen molar-refractivity contribution in [3.8, 4) is 5.75 Å². The third-order valence-corrected chi connectivity index (χ3v) is 3.52. The lowest BCUT2D eigenvalue weighted by Crippen LogP contribution is -2.40. The summed E-state index contributed by atoms with van der Waals surface area (Å²) in [5, 5.41) is 3.29. The summed E-state index contributed by atoms with van der Waals surface area (Å²) in [5.74, 6) is -0.468. The van der Waals surface area contributed by atoms with Gasteiger partial charge in [-0.3, -0.25) is 0 Å². The number of halogens is 3. The first-order valence-corrected chi connectivity index (χ1v) is 6.81. The molecule has 4 nitrogen and oxygen atoms in total. The average molecular weight is 324 g/mol. The lowest BCUT2D eigenvalue weighted by molar-refractivity contribution is 0.204. The van der Waals surface area contributed by atoms with Gasteiger partial charge in [-0.05, 0) is 12.1 Å². The number of fused-ring (bicyclic) bond motifs is 1. The number of hydrogen-bond donors (Lipinski definition) is 1. The minimum Gasteiger partial charge on any atom is -0.497 e. The fourth-order valence-corrected chi connectivity index (χ4v) is 2.31. The van der Waals surface area contributed by atoms with Crippen LogP contribution in [-0.2, 0) is 0 Å². The fraction of sp³-hybridized carbons (Fsp3) is 0.133. The molecule has 0 amide bonds. The van der Waals surface area contributed by atoms with Gasteiger partial charge in [0.1, 0.15) is 5.75 Å². The molecule has 1 N–H and O–H groups in total. The molecule has 22 heavy (non-hydrogen) atoms. The predicted molar refractivity (Wildman–Crippen MR) is 80.6 cm³/mol. The number of alkyl halides is 1. The molecule has 114 valence electrons. The summed E-state index contributed by atoms with van der Waals surface area (Å²) in [6.45, 7) is 0. The van der Waals surface area contributed by atoms with Crippen LogP contribution >= 0.6 is 11.8 Å². The van der Waals surface area contributed by atoms with E-state index in [9.17, 15) is 8.78 Å². The van der Waals surface area contributed by atoms with Crippen LogP contribution in [0.2, 0.25) is 0 Å². The Morgan fingerprint density at radius 3 is 2.68 bits per heavy atom. The van der Waals surface area contributed by atoms with Crippen LogP contribution in [0, 0.1) is 0 Å². The molecule has 0 radical (unpaired) electrons. The molecule has 0 saturated heterocycles. The molecule has 1 unspecified atom stereocenters. The van der Waals surface area contributed by atoms with Gasteiger partial charge >= 0.3 is 0 Å². The van der Waals surface area contributed by atoms with Crippen molar-refractivity contribution >= 4 is 29.1 Å². The van der Waals surface area contributed by atoms with Gasteiger partial charge in [0.15, 0.2) is 0 Å². The van der Waals surface area contributed by atoms with Gasteiger partial charge in [-0.25, -0.2) is 9.41 Å². The van der Waals surface area contributed by atoms with Crippen molar-refractivity contribution in [2.24, 2.45) is 4.99 Å². The van der Waals surface area contributed by atoms with Gasteiger partial charge in [-0.2, -0.15) is 8.78 Å². The highest BCUT2D eigenvalue weighted by molar-refractivity contribution is 6.16. The second kappa shape index (κ2) is 5.81. The van der Waals surface area contributed by atoms with E-state index in [0.717, 1.165) is 5.69 Å². The molecule has 0 aliphatic carbocycles. The zero-order valence-corrected chi connectivity index (χ0v) is 12.3. The molecule has 0 fully saturated rings. The normalized spacial score (nSPS) is 16.8. The van der Waals surface area contributed by atoms with Crippen LogP contribution in [0.1, 0.15) is 0 Å². The highest BCUT2D eigenvalue weighted by Crippen LogP contribution is 2.22. The van der Waals surface area contributed by atoms with E-state index in [1.807, 2.05) is 30.3 Å². The van der Waals surface area contributed by atoms with E-state index in [1.165, 1.54) is 13.2 Å². The van der Waals surface area contributed by atoms with Crippen molar-refractivity contribution in [3.63, 3.8) is 0 Å². The molecule has 1 aliphatic heterocycles. The molecule has 0 saturated carbocycles. The summed E-state index contributed by atoms with van der Waals surface area (Å²) in [5.41, 5.74) is 1.13. The standard InChI is InChI=1S/C15H12ClF2N3O/c1-22-10-7-11(19-9-5-3-2-4-6-9)13-12(8-10)20-15(18)21(16)14(13)17/h2-8,15,19H,1H3. The lowest BCUT2D eigenvalue weighted by Gasteiger charge is -2.20. The topological polar surface area (TPSA) is 36.9 Å². The maximum Gasteiger partial charge on any atom is 0.282 e. The number of nitrogens with zero attached hydrogens (tertiary/aromatic N) is 2. The number of methoxy groups -OCH3 is 1. The molecule has 0 spiro atoms. The number of anilines is 2. The number of para-hydroxylation sites is 1. The van der Waals surface area contributed by atoms with Crippen molar-refractivity contribution in [3.05, 3.63) is 53.0 Å². The molecule has 1 heterocycles. The Kier molecular flexibility index (Phi) is 3.85. The molecular weight excluding hydrogens is 312 g/mol. The van der Waals surface area contributed by atoms with Crippen LogP contribution in [-0.4, -0.2) is 17.9 Å². The molecule has 0 aromatic heterocycles. The third-order valence-electron chi connectivity index (χ3n) is 3.21. The van der Waals surface area contributed by atoms with Crippen LogP contribution in [0.3, 0.4) is 0 Å². The Balaban J connectivity index is 2.22. The quantitative estimate of drug-likeness (QED) is 0.697. The Labute approximate surface area is 130 Å². The third kappa shape index (κ3) is 2.57. The number of hydrogen-bond acceptors (Lipinski definition) is 4. The second-order valence-corrected chi connectivity index (χ2v) is 4.97. The maximum atomic E-state index is 14.3. The van der Waals surface area contributed by atoms with Gasteiger partial charge in [0, 0.05) is 29.6 Å². The zero-order chi connectivity index (χ0) is 15.7. The summed E-state index contributed by atoms with van der Waals surface area (Å²) < 4.78 is 33.4. The van der Waals surface area contributed by atoms with Crippen molar-refractivity contribution in [2.45, 2.75) is 6.42 Å². The van der Waals surface area contributed by atoms with E-state index in [1.54, 1.807) is 6.07 Å². The van der Waals surface area contributed by atoms with Crippen LogP contribution in [0.25, 0.3) is 5.95 Å². The predicted octanol–water partition coefficient (Wildman–Crippen LogP) is 2.82. The van der Waals surface area contributed by atoms with Crippen molar-refractivity contribution in [1.29, 1.82) is 0 Å². The van der Waals surface area contributed by atoms with E-state index in [0.29, 0.717) is 15.9 Å². The molecule has 1 aliphatic rings. The van der Waals surface area contributed by atoms with Crippen LogP contribution in [0.5, 0.6) is 5.75 Å². The number of ether oxygens (including phenoxy) is 1. The largest absolute Gasteiger partial charge is 0.497 e. The zero-order valence-electron chi connectivity index (χ0n) is 11.6. The van der Waals surface area contributed by atoms with Crippen LogP contribution < -0.4 is 20.6 Å². The SMILES string of the molecule is COc1cc(Nc2ccccc2)c2c(c1)=NC(F)N(Cl)C=2F. The minimum absolute atomic E-state index is 0.0913. The summed E-state index contributed by atoms with van der Waals surface area (Å²) in [6, 6.07) is 12.2. The Morgan fingerprint density at radius 1 is 1.27 bits per heavy atom. The molecule has 1 atom stereocenters. The van der Waals surface area contributed by atoms with Crippen LogP contribution in [0.15, 0.2) is 47.5 Å². The molecule has 2 aromatic carbocycles. The first-order valence-electron chi connectivity index (χ1n) is 6.47. The van der Waals surface area contributed by atoms with Crippen molar-refractivity contribution in [2.75, 3.05) is 12.4 Å². The maximum absolute atomic E-state index is 14.3. The van der Waals surface area contributed by atoms with Crippen molar-refractivity contribution < 1.29 is 13.5 Å². The first kappa shape index (κ1) is 14.6. The number of benzene rings is 2. The van der Waals surface area contributed by atoms with Crippen molar-refractivity contribution in [1.82, 2.24) is 4.42 Å². The van der Waals surface area contributed by atoms with E-state index < -0.39 is 12.4 Å². The smallest absolute Gasteiger partial charge is 0.282 e. The van der Waals surface area contributed by atoms with Gasteiger partial charge in [0.25, 0.3) is 6.42 Å². The van der Waals surface area contributed by atoms with Gasteiger partial charge in [0.05, 0.1) is 23.4 Å². The lowest BCUT2D eigenvalue weighted by atomic mass is 10.2. The molecule has 2 aromatic rings. The molecule has 0 bridgehead atoms. The van der Waals surface area contributed by atoms with Crippen LogP contribution in [0.4, 0.5) is 20.2 Å². The highest BCUT2D eigenvalue weighted by Gasteiger charge is 2.24. The molecule has 3 rings (SSSR count). The minimum atomic E-state index is -1.98. The van der Waals surface area contributed by atoms with E-state index in [-0.39, 0.29) is 10.6 Å². The van der Waals surface area contributed by atoms with E-state index in [4.69, 9.17) is 16.5 Å². The molecule has 7 heteroatoms. The summed E-state index contributed by atoms with van der Waals surface area (Å²) >= 11 is 5.59. The van der Waals surface area contributed by atoms with Gasteiger partial charge in [-0.1, -0.05) is 18.2 Å². The van der Waals surface area contributed by atoms with Gasteiger partial charge in [-0.15, -0.1) is 0 Å². The summed E-state index contributed by atoms with van der Waals surface area (Å²) in [7, 11) is 1.47. The van der Waals surface area contributed by atoms with Gasteiger partial charge < -0.3 is 10.1 Å². The second-order valence-electron chi connectivity index (χ2n) is 4.60. The van der Waals surface area contributed by atoms with E-state index >= 15 is 0 Å². The average Bonchev–Trinajstić information content (AvgIpc) is 2.53. The Hall–Kier alpha value is -2.34. The van der Waals surface area contributed by atoms with Gasteiger partial charge in [0.2, 0.25) is 5.95 Å². The monoisotopic (exact) mass is 323 g/mol. The first-order chi connectivity index (χ1) is 10.6.